The van der Waals surface area contributed by atoms with Crippen LogP contribution in [0.15, 0.2) is 0 Å². The normalized spacial score (nSPS) is 27.8. The minimum Gasteiger partial charge on any atom is -0.396 e. The average molecular weight is 171 g/mol. The lowest BCUT2D eigenvalue weighted by Gasteiger charge is -2.28. The number of aliphatic hydroxyl groups is 1. The first-order valence-electron chi connectivity index (χ1n) is 5.12. The Morgan fingerprint density at radius 2 is 2.33 bits per heavy atom. The summed E-state index contributed by atoms with van der Waals surface area (Å²) in [5.74, 6) is 0. The van der Waals surface area contributed by atoms with Crippen LogP contribution in [0.25, 0.3) is 0 Å². The average Bonchev–Trinajstić information content (AvgIpc) is 2.47. The molecule has 0 aliphatic carbocycles. The molecule has 1 N–H and O–H groups in total. The molecule has 1 saturated heterocycles. The number of hydrogen-bond donors (Lipinski definition) is 1. The third-order valence-corrected chi connectivity index (χ3v) is 2.95. The highest BCUT2D eigenvalue weighted by atomic mass is 16.2. The Hall–Kier alpha value is -0.0800. The number of nitrogens with zero attached hydrogens (tertiary/aromatic N) is 1. The molecule has 12 heavy (non-hydrogen) atoms. The van der Waals surface area contributed by atoms with Crippen LogP contribution in [0.5, 0.6) is 0 Å². The fraction of sp³-hybridized carbons (Fsp3) is 1.00. The zero-order valence-electron chi connectivity index (χ0n) is 8.29. The first-order chi connectivity index (χ1) is 5.75. The van der Waals surface area contributed by atoms with Crippen LogP contribution in [0.4, 0.5) is 0 Å². The molecule has 0 amide bonds. The van der Waals surface area contributed by atoms with Crippen molar-refractivity contribution in [2.24, 2.45) is 0 Å². The van der Waals surface area contributed by atoms with Crippen LogP contribution >= 0.6 is 0 Å². The lowest BCUT2D eigenvalue weighted by molar-refractivity contribution is 0.179. The Morgan fingerprint density at radius 1 is 1.58 bits per heavy atom. The van der Waals surface area contributed by atoms with Crippen LogP contribution in [-0.2, 0) is 0 Å². The second kappa shape index (κ2) is 4.83. The summed E-state index contributed by atoms with van der Waals surface area (Å²) in [6.45, 7) is 6.18. The van der Waals surface area contributed by atoms with Crippen molar-refractivity contribution in [3.05, 3.63) is 0 Å². The van der Waals surface area contributed by atoms with E-state index in [4.69, 9.17) is 5.11 Å². The standard InChI is InChI=1S/C10H21NO/c1-9-5-3-7-11(9)10(2)6-4-8-12/h9-10,12H,3-8H2,1-2H3. The maximum absolute atomic E-state index is 8.71. The van der Waals surface area contributed by atoms with Gasteiger partial charge in [-0.2, -0.15) is 0 Å². The number of aliphatic hydroxyl groups excluding tert-OH is 1. The monoisotopic (exact) mass is 171 g/mol. The molecule has 1 fully saturated rings. The van der Waals surface area contributed by atoms with Gasteiger partial charge >= 0.3 is 0 Å². The van der Waals surface area contributed by atoms with Gasteiger partial charge in [0.05, 0.1) is 0 Å². The van der Waals surface area contributed by atoms with E-state index in [0.29, 0.717) is 12.6 Å². The zero-order valence-corrected chi connectivity index (χ0v) is 8.29. The Labute approximate surface area is 75.6 Å². The summed E-state index contributed by atoms with van der Waals surface area (Å²) in [6.07, 6.45) is 4.79. The van der Waals surface area contributed by atoms with Gasteiger partial charge < -0.3 is 5.11 Å². The summed E-state index contributed by atoms with van der Waals surface area (Å²) in [5, 5.41) is 8.71. The van der Waals surface area contributed by atoms with Crippen molar-refractivity contribution < 1.29 is 5.11 Å². The summed E-state index contributed by atoms with van der Waals surface area (Å²) in [5.41, 5.74) is 0. The predicted octanol–water partition coefficient (Wildman–Crippen LogP) is 1.63. The maximum atomic E-state index is 8.71. The first kappa shape index (κ1) is 10.0. The van der Waals surface area contributed by atoms with E-state index in [1.165, 1.54) is 19.4 Å². The van der Waals surface area contributed by atoms with Crippen LogP contribution in [-0.4, -0.2) is 35.2 Å². The van der Waals surface area contributed by atoms with E-state index < -0.39 is 0 Å². The topological polar surface area (TPSA) is 23.5 Å². The molecular formula is C10H21NO. The molecule has 0 aromatic carbocycles. The molecule has 1 rings (SSSR count). The Kier molecular flexibility index (Phi) is 4.02. The molecule has 2 nitrogen and oxygen atoms in total. The molecule has 0 saturated carbocycles. The molecule has 1 aliphatic heterocycles. The molecule has 0 spiro atoms. The summed E-state index contributed by atoms with van der Waals surface area (Å²) < 4.78 is 0. The van der Waals surface area contributed by atoms with Crippen molar-refractivity contribution in [1.29, 1.82) is 0 Å². The van der Waals surface area contributed by atoms with Crippen LogP contribution in [0.3, 0.4) is 0 Å². The third-order valence-electron chi connectivity index (χ3n) is 2.95. The summed E-state index contributed by atoms with van der Waals surface area (Å²) in [7, 11) is 0. The molecular weight excluding hydrogens is 150 g/mol. The lowest BCUT2D eigenvalue weighted by atomic mass is 10.1. The SMILES string of the molecule is CC(CCCO)N1CCCC1C. The second-order valence-electron chi connectivity index (χ2n) is 3.94. The maximum Gasteiger partial charge on any atom is 0.0431 e. The van der Waals surface area contributed by atoms with Gasteiger partial charge in [-0.3, -0.25) is 4.90 Å². The van der Waals surface area contributed by atoms with E-state index in [9.17, 15) is 0 Å². The van der Waals surface area contributed by atoms with Gasteiger partial charge in [-0.05, 0) is 46.1 Å². The Bertz CT molecular complexity index is 127. The molecule has 0 radical (unpaired) electrons. The minimum absolute atomic E-state index is 0.340. The number of rotatable bonds is 4. The fourth-order valence-corrected chi connectivity index (χ4v) is 2.16. The van der Waals surface area contributed by atoms with Crippen molar-refractivity contribution in [3.8, 4) is 0 Å². The van der Waals surface area contributed by atoms with Crippen molar-refractivity contribution in [3.63, 3.8) is 0 Å². The van der Waals surface area contributed by atoms with Gasteiger partial charge in [0.25, 0.3) is 0 Å². The van der Waals surface area contributed by atoms with Gasteiger partial charge in [0.1, 0.15) is 0 Å². The smallest absolute Gasteiger partial charge is 0.0431 e. The highest BCUT2D eigenvalue weighted by molar-refractivity contribution is 4.79. The number of likely N-dealkylation sites (tertiary alicyclic amines) is 1. The van der Waals surface area contributed by atoms with E-state index in [-0.39, 0.29) is 0 Å². The Morgan fingerprint density at radius 3 is 2.83 bits per heavy atom. The molecule has 0 bridgehead atoms. The summed E-state index contributed by atoms with van der Waals surface area (Å²) in [6, 6.07) is 1.42. The van der Waals surface area contributed by atoms with Gasteiger partial charge in [0, 0.05) is 18.7 Å². The highest BCUT2D eigenvalue weighted by Crippen LogP contribution is 2.21. The first-order valence-corrected chi connectivity index (χ1v) is 5.12. The van der Waals surface area contributed by atoms with Gasteiger partial charge in [-0.1, -0.05) is 0 Å². The van der Waals surface area contributed by atoms with Crippen molar-refractivity contribution >= 4 is 0 Å². The number of hydrogen-bond acceptors (Lipinski definition) is 2. The second-order valence-corrected chi connectivity index (χ2v) is 3.94. The lowest BCUT2D eigenvalue weighted by Crippen LogP contribution is -2.35. The van der Waals surface area contributed by atoms with Gasteiger partial charge in [-0.15, -0.1) is 0 Å². The van der Waals surface area contributed by atoms with Crippen molar-refractivity contribution in [1.82, 2.24) is 4.90 Å². The highest BCUT2D eigenvalue weighted by Gasteiger charge is 2.23. The zero-order chi connectivity index (χ0) is 8.97. The summed E-state index contributed by atoms with van der Waals surface area (Å²) >= 11 is 0. The van der Waals surface area contributed by atoms with Crippen LogP contribution in [0.1, 0.15) is 39.5 Å². The quantitative estimate of drug-likeness (QED) is 0.695. The molecule has 1 heterocycles. The van der Waals surface area contributed by atoms with Gasteiger partial charge in [-0.25, -0.2) is 0 Å². The van der Waals surface area contributed by atoms with Crippen LogP contribution in [0, 0.1) is 0 Å². The Balaban J connectivity index is 2.25. The molecule has 72 valence electrons. The molecule has 0 aromatic rings. The van der Waals surface area contributed by atoms with E-state index >= 15 is 0 Å². The predicted molar refractivity (Wildman–Crippen MR) is 51.2 cm³/mol. The van der Waals surface area contributed by atoms with Gasteiger partial charge in [0.2, 0.25) is 0 Å². The fourth-order valence-electron chi connectivity index (χ4n) is 2.16. The van der Waals surface area contributed by atoms with E-state index in [1.54, 1.807) is 0 Å². The molecule has 0 aromatic heterocycles. The third kappa shape index (κ3) is 2.46. The van der Waals surface area contributed by atoms with Crippen molar-refractivity contribution in [2.75, 3.05) is 13.2 Å². The molecule has 2 atom stereocenters. The van der Waals surface area contributed by atoms with Gasteiger partial charge in [0.15, 0.2) is 0 Å². The van der Waals surface area contributed by atoms with Crippen LogP contribution in [0.2, 0.25) is 0 Å². The molecule has 1 aliphatic rings. The molecule has 2 unspecified atom stereocenters. The summed E-state index contributed by atoms with van der Waals surface area (Å²) in [4.78, 5) is 2.57. The molecule has 2 heteroatoms. The van der Waals surface area contributed by atoms with E-state index in [2.05, 4.69) is 18.7 Å². The minimum atomic E-state index is 0.340. The van der Waals surface area contributed by atoms with Crippen molar-refractivity contribution in [2.45, 2.75) is 51.6 Å². The van der Waals surface area contributed by atoms with E-state index in [1.807, 2.05) is 0 Å². The largest absolute Gasteiger partial charge is 0.396 e. The van der Waals surface area contributed by atoms with Crippen LogP contribution < -0.4 is 0 Å². The van der Waals surface area contributed by atoms with E-state index in [0.717, 1.165) is 18.9 Å².